The smallest absolute Gasteiger partial charge is 0.496 e. The Balaban J connectivity index is 2.47. The Morgan fingerprint density at radius 1 is 1.22 bits per heavy atom. The van der Waals surface area contributed by atoms with E-state index in [-0.39, 0.29) is 17.5 Å². The molecule has 0 bridgehead atoms. The summed E-state index contributed by atoms with van der Waals surface area (Å²) < 4.78 is 53.0. The van der Waals surface area contributed by atoms with Crippen molar-refractivity contribution in [3.8, 4) is 11.5 Å². The number of rotatable bonds is 7. The van der Waals surface area contributed by atoms with Crippen molar-refractivity contribution in [2.75, 3.05) is 14.2 Å². The van der Waals surface area contributed by atoms with E-state index in [9.17, 15) is 13.2 Å². The van der Waals surface area contributed by atoms with Gasteiger partial charge in [0.2, 0.25) is 0 Å². The van der Waals surface area contributed by atoms with Crippen LogP contribution in [-0.4, -0.2) is 43.5 Å². The van der Waals surface area contributed by atoms with Gasteiger partial charge in [-0.3, -0.25) is 0 Å². The van der Waals surface area contributed by atoms with Crippen LogP contribution in [0.15, 0.2) is 34.0 Å². The molecule has 1 aliphatic heterocycles. The van der Waals surface area contributed by atoms with Gasteiger partial charge in [-0.2, -0.15) is 0 Å². The van der Waals surface area contributed by atoms with Gasteiger partial charge < -0.3 is 19.1 Å². The van der Waals surface area contributed by atoms with E-state index >= 15 is 0 Å². The van der Waals surface area contributed by atoms with Crippen LogP contribution in [0.1, 0.15) is 32.3 Å². The number of halogens is 4. The first-order valence-corrected chi connectivity index (χ1v) is 9.23. The van der Waals surface area contributed by atoms with Crippen LogP contribution < -0.4 is 9.47 Å². The lowest BCUT2D eigenvalue weighted by Gasteiger charge is -2.38. The third kappa shape index (κ3) is 5.16. The van der Waals surface area contributed by atoms with Gasteiger partial charge in [0, 0.05) is 31.0 Å². The zero-order valence-electron chi connectivity index (χ0n) is 15.5. The van der Waals surface area contributed by atoms with Crippen molar-refractivity contribution in [1.82, 2.24) is 4.90 Å². The minimum atomic E-state index is -4.78. The number of alkyl halides is 3. The van der Waals surface area contributed by atoms with Crippen molar-refractivity contribution in [1.29, 1.82) is 0 Å². The molecular formula is C18H22BrF3N2O3. The number of methoxy groups -OCH3 is 2. The summed E-state index contributed by atoms with van der Waals surface area (Å²) >= 11 is 3.41. The van der Waals surface area contributed by atoms with Crippen LogP contribution in [0, 0.1) is 0 Å². The maximum atomic E-state index is 12.5. The highest BCUT2D eigenvalue weighted by atomic mass is 79.9. The zero-order valence-corrected chi connectivity index (χ0v) is 17.1. The molecule has 0 saturated heterocycles. The van der Waals surface area contributed by atoms with Gasteiger partial charge in [-0.15, -0.1) is 13.2 Å². The molecule has 0 fully saturated rings. The van der Waals surface area contributed by atoms with Gasteiger partial charge in [0.25, 0.3) is 0 Å². The van der Waals surface area contributed by atoms with Crippen LogP contribution in [0.4, 0.5) is 13.2 Å². The average molecular weight is 451 g/mol. The predicted molar refractivity (Wildman–Crippen MR) is 100 cm³/mol. The summed E-state index contributed by atoms with van der Waals surface area (Å²) in [5.74, 6) is -0.149. The molecule has 0 N–H and O–H groups in total. The van der Waals surface area contributed by atoms with Crippen molar-refractivity contribution in [2.24, 2.45) is 4.99 Å². The Labute approximate surface area is 164 Å². The fourth-order valence-electron chi connectivity index (χ4n) is 3.05. The summed E-state index contributed by atoms with van der Waals surface area (Å²) in [5.41, 5.74) is 1.06. The average Bonchev–Trinajstić information content (AvgIpc) is 2.61. The fourth-order valence-corrected chi connectivity index (χ4v) is 3.47. The summed E-state index contributed by atoms with van der Waals surface area (Å²) in [5, 5.41) is 0. The highest BCUT2D eigenvalue weighted by Gasteiger charge is 2.34. The first-order chi connectivity index (χ1) is 12.7. The monoisotopic (exact) mass is 450 g/mol. The molecule has 1 atom stereocenters. The summed E-state index contributed by atoms with van der Waals surface area (Å²) in [4.78, 5) is 6.55. The maximum Gasteiger partial charge on any atom is 0.573 e. The molecule has 0 saturated carbocycles. The topological polar surface area (TPSA) is 43.3 Å². The second kappa shape index (κ2) is 8.97. The Hall–Kier alpha value is -1.74. The van der Waals surface area contributed by atoms with Gasteiger partial charge in [0.1, 0.15) is 21.8 Å². The lowest BCUT2D eigenvalue weighted by molar-refractivity contribution is -0.274. The van der Waals surface area contributed by atoms with E-state index in [1.807, 2.05) is 11.1 Å². The highest BCUT2D eigenvalue weighted by molar-refractivity contribution is 9.11. The lowest BCUT2D eigenvalue weighted by Crippen LogP contribution is -2.47. The standard InChI is InChI=1S/C18H22BrF3N2O3/c1-5-11(6-2)24-10-15(19)23-16(17(24)26-4)13-8-7-12(9-14(13)25-3)27-18(20,21)22/h7-11,17H,5-6H2,1-4H3. The van der Waals surface area contributed by atoms with Gasteiger partial charge in [0.15, 0.2) is 6.23 Å². The summed E-state index contributed by atoms with van der Waals surface area (Å²) in [7, 11) is 2.95. The summed E-state index contributed by atoms with van der Waals surface area (Å²) in [6.45, 7) is 4.16. The van der Waals surface area contributed by atoms with E-state index < -0.39 is 12.6 Å². The van der Waals surface area contributed by atoms with E-state index in [2.05, 4.69) is 39.5 Å². The number of aliphatic imine (C=N–C) groups is 1. The van der Waals surface area contributed by atoms with Crippen molar-refractivity contribution < 1.29 is 27.4 Å². The minimum absolute atomic E-state index is 0.212. The quantitative estimate of drug-likeness (QED) is 0.544. The molecule has 1 unspecified atom stereocenters. The van der Waals surface area contributed by atoms with E-state index in [4.69, 9.17) is 9.47 Å². The molecule has 1 aliphatic rings. The molecule has 27 heavy (non-hydrogen) atoms. The minimum Gasteiger partial charge on any atom is -0.496 e. The molecule has 0 aromatic heterocycles. The van der Waals surface area contributed by atoms with Crippen LogP contribution in [-0.2, 0) is 4.74 Å². The SMILES string of the molecule is CCC(CC)N1C=C(Br)N=C(c2ccc(OC(F)(F)F)cc2OC)C1OC. The van der Waals surface area contributed by atoms with Gasteiger partial charge in [-0.05, 0) is 40.9 Å². The Morgan fingerprint density at radius 2 is 1.89 bits per heavy atom. The molecule has 150 valence electrons. The van der Waals surface area contributed by atoms with E-state index in [0.29, 0.717) is 15.9 Å². The molecule has 1 aromatic carbocycles. The Kier molecular flexibility index (Phi) is 7.16. The first kappa shape index (κ1) is 21.6. The number of nitrogens with zero attached hydrogens (tertiary/aromatic N) is 2. The first-order valence-electron chi connectivity index (χ1n) is 8.44. The lowest BCUT2D eigenvalue weighted by atomic mass is 10.0. The maximum absolute atomic E-state index is 12.5. The van der Waals surface area contributed by atoms with Crippen LogP contribution in [0.5, 0.6) is 11.5 Å². The second-order valence-corrected chi connectivity index (χ2v) is 6.68. The second-order valence-electron chi connectivity index (χ2n) is 5.86. The summed E-state index contributed by atoms with van der Waals surface area (Å²) in [6.07, 6.45) is -1.61. The molecule has 5 nitrogen and oxygen atoms in total. The van der Waals surface area contributed by atoms with Gasteiger partial charge in [-0.25, -0.2) is 4.99 Å². The van der Waals surface area contributed by atoms with E-state index in [1.165, 1.54) is 25.3 Å². The molecule has 2 rings (SSSR count). The molecule has 0 amide bonds. The number of hydrogen-bond acceptors (Lipinski definition) is 5. The van der Waals surface area contributed by atoms with E-state index in [1.54, 1.807) is 7.11 Å². The molecule has 1 heterocycles. The summed E-state index contributed by atoms with van der Waals surface area (Å²) in [6, 6.07) is 4.12. The van der Waals surface area contributed by atoms with Crippen LogP contribution in [0.2, 0.25) is 0 Å². The zero-order chi connectivity index (χ0) is 20.2. The molecule has 0 aliphatic carbocycles. The van der Waals surface area contributed by atoms with Crippen molar-refractivity contribution in [3.63, 3.8) is 0 Å². The van der Waals surface area contributed by atoms with Crippen LogP contribution in [0.3, 0.4) is 0 Å². The third-order valence-corrected chi connectivity index (χ3v) is 4.64. The number of benzene rings is 1. The van der Waals surface area contributed by atoms with Gasteiger partial charge in [0.05, 0.1) is 7.11 Å². The third-order valence-electron chi connectivity index (χ3n) is 4.26. The molecule has 0 spiro atoms. The van der Waals surface area contributed by atoms with Crippen molar-refractivity contribution >= 4 is 21.6 Å². The van der Waals surface area contributed by atoms with Crippen molar-refractivity contribution in [2.45, 2.75) is 45.3 Å². The molecular weight excluding hydrogens is 429 g/mol. The van der Waals surface area contributed by atoms with Crippen molar-refractivity contribution in [3.05, 3.63) is 34.6 Å². The number of hydrogen-bond donors (Lipinski definition) is 0. The number of ether oxygens (including phenoxy) is 3. The largest absolute Gasteiger partial charge is 0.573 e. The normalized spacial score (nSPS) is 17.7. The fraction of sp³-hybridized carbons (Fsp3) is 0.500. The van der Waals surface area contributed by atoms with Gasteiger partial charge in [-0.1, -0.05) is 13.8 Å². The van der Waals surface area contributed by atoms with E-state index in [0.717, 1.165) is 12.8 Å². The Bertz CT molecular complexity index is 718. The van der Waals surface area contributed by atoms with Crippen LogP contribution >= 0.6 is 15.9 Å². The van der Waals surface area contributed by atoms with Crippen LogP contribution in [0.25, 0.3) is 0 Å². The predicted octanol–water partition coefficient (Wildman–Crippen LogP) is 5.05. The van der Waals surface area contributed by atoms with Gasteiger partial charge >= 0.3 is 6.36 Å². The Morgan fingerprint density at radius 3 is 2.41 bits per heavy atom. The highest BCUT2D eigenvalue weighted by Crippen LogP contribution is 2.33. The molecule has 1 aromatic rings. The molecule has 0 radical (unpaired) electrons. The molecule has 9 heteroatoms.